The number of carbonyl (C=O) groups excluding carboxylic acids is 3. The summed E-state index contributed by atoms with van der Waals surface area (Å²) in [5.41, 5.74) is 1.27. The number of nitrogens with zero attached hydrogens (tertiary/aromatic N) is 2. The van der Waals surface area contributed by atoms with Crippen LogP contribution in [0.5, 0.6) is 5.75 Å². The van der Waals surface area contributed by atoms with Crippen LogP contribution in [0.3, 0.4) is 0 Å². The molecule has 1 unspecified atom stereocenters. The van der Waals surface area contributed by atoms with Gasteiger partial charge in [-0.1, -0.05) is 48.5 Å². The Morgan fingerprint density at radius 2 is 1.82 bits per heavy atom. The van der Waals surface area contributed by atoms with E-state index < -0.39 is 29.9 Å². The summed E-state index contributed by atoms with van der Waals surface area (Å²) in [4.78, 5) is 38.9. The zero-order chi connectivity index (χ0) is 24.1. The number of nitriles is 1. The minimum atomic E-state index is -1.23. The number of imide groups is 1. The average molecular weight is 454 g/mol. The second-order valence-corrected chi connectivity index (χ2v) is 7.99. The van der Waals surface area contributed by atoms with E-state index >= 15 is 0 Å². The van der Waals surface area contributed by atoms with Crippen LogP contribution < -0.4 is 15.4 Å². The second kappa shape index (κ2) is 9.46. The Morgan fingerprint density at radius 3 is 2.59 bits per heavy atom. The summed E-state index contributed by atoms with van der Waals surface area (Å²) in [6.07, 6.45) is 0. The fourth-order valence-electron chi connectivity index (χ4n) is 3.71. The van der Waals surface area contributed by atoms with E-state index in [1.54, 1.807) is 73.7 Å². The molecule has 0 aromatic heterocycles. The standard InChI is InChI=1S/C26H22N4O4/c1-26(20-9-3-2-4-10-20)24(32)30(25(33)29-26)16-23(31)28-21-11-6-12-22(14-21)34-17-19-8-5-7-18(13-19)15-27/h2-14H,16-17H2,1H3,(H,28,31)(H,29,33). The van der Waals surface area contributed by atoms with Gasteiger partial charge in [0.1, 0.15) is 24.4 Å². The first-order chi connectivity index (χ1) is 16.4. The van der Waals surface area contributed by atoms with E-state index in [0.717, 1.165) is 10.5 Å². The maximum atomic E-state index is 13.0. The number of benzene rings is 3. The van der Waals surface area contributed by atoms with Gasteiger partial charge in [-0.2, -0.15) is 5.26 Å². The van der Waals surface area contributed by atoms with E-state index in [2.05, 4.69) is 16.7 Å². The number of carbonyl (C=O) groups is 3. The third kappa shape index (κ3) is 4.74. The van der Waals surface area contributed by atoms with E-state index in [-0.39, 0.29) is 6.61 Å². The van der Waals surface area contributed by atoms with Crippen LogP contribution in [0.25, 0.3) is 0 Å². The highest BCUT2D eigenvalue weighted by Gasteiger charge is 2.49. The second-order valence-electron chi connectivity index (χ2n) is 7.99. The number of hydrogen-bond donors (Lipinski definition) is 2. The monoisotopic (exact) mass is 454 g/mol. The van der Waals surface area contributed by atoms with Gasteiger partial charge in [0.05, 0.1) is 11.6 Å². The van der Waals surface area contributed by atoms with E-state index in [9.17, 15) is 14.4 Å². The fourth-order valence-corrected chi connectivity index (χ4v) is 3.71. The van der Waals surface area contributed by atoms with E-state index in [0.29, 0.717) is 22.6 Å². The lowest BCUT2D eigenvalue weighted by Crippen LogP contribution is -2.42. The third-order valence-electron chi connectivity index (χ3n) is 5.51. The fraction of sp³-hybridized carbons (Fsp3) is 0.154. The Hall–Kier alpha value is -4.64. The molecule has 3 aromatic carbocycles. The Kier molecular flexibility index (Phi) is 6.28. The van der Waals surface area contributed by atoms with E-state index in [1.807, 2.05) is 12.1 Å². The predicted octanol–water partition coefficient (Wildman–Crippen LogP) is 3.54. The summed E-state index contributed by atoms with van der Waals surface area (Å²) in [6.45, 7) is 1.46. The average Bonchev–Trinajstić information content (AvgIpc) is 3.07. The largest absolute Gasteiger partial charge is 0.489 e. The van der Waals surface area contributed by atoms with Crippen molar-refractivity contribution in [3.63, 3.8) is 0 Å². The summed E-state index contributed by atoms with van der Waals surface area (Å²) in [5.74, 6) is -0.484. The van der Waals surface area contributed by atoms with Crippen molar-refractivity contribution >= 4 is 23.5 Å². The lowest BCUT2D eigenvalue weighted by atomic mass is 9.92. The van der Waals surface area contributed by atoms with E-state index in [1.165, 1.54) is 0 Å². The molecule has 1 fully saturated rings. The molecule has 0 radical (unpaired) electrons. The number of ether oxygens (including phenoxy) is 1. The highest BCUT2D eigenvalue weighted by Crippen LogP contribution is 2.28. The zero-order valence-electron chi connectivity index (χ0n) is 18.4. The summed E-state index contributed by atoms with van der Waals surface area (Å²) in [5, 5.41) is 14.4. The summed E-state index contributed by atoms with van der Waals surface area (Å²) >= 11 is 0. The molecule has 170 valence electrons. The quantitative estimate of drug-likeness (QED) is 0.531. The molecule has 1 saturated heterocycles. The van der Waals surface area contributed by atoms with Crippen molar-refractivity contribution < 1.29 is 19.1 Å². The molecule has 3 aromatic rings. The molecular formula is C26H22N4O4. The van der Waals surface area contributed by atoms with Crippen LogP contribution >= 0.6 is 0 Å². The summed E-state index contributed by atoms with van der Waals surface area (Å²) in [7, 11) is 0. The molecule has 1 aliphatic heterocycles. The molecule has 1 atom stereocenters. The highest BCUT2D eigenvalue weighted by atomic mass is 16.5. The number of rotatable bonds is 7. The highest BCUT2D eigenvalue weighted by molar-refractivity contribution is 6.10. The third-order valence-corrected chi connectivity index (χ3v) is 5.51. The van der Waals surface area contributed by atoms with Crippen molar-refractivity contribution in [1.29, 1.82) is 5.26 Å². The van der Waals surface area contributed by atoms with Gasteiger partial charge in [0.25, 0.3) is 5.91 Å². The number of nitrogens with one attached hydrogen (secondary N) is 2. The van der Waals surface area contributed by atoms with Gasteiger partial charge in [0.15, 0.2) is 0 Å². The molecule has 2 N–H and O–H groups in total. The summed E-state index contributed by atoms with van der Waals surface area (Å²) < 4.78 is 5.77. The van der Waals surface area contributed by atoms with Gasteiger partial charge in [-0.15, -0.1) is 0 Å². The molecular weight excluding hydrogens is 432 g/mol. The predicted molar refractivity (Wildman–Crippen MR) is 125 cm³/mol. The van der Waals surface area contributed by atoms with Crippen molar-refractivity contribution in [3.05, 3.63) is 95.6 Å². The van der Waals surface area contributed by atoms with Crippen molar-refractivity contribution in [1.82, 2.24) is 10.2 Å². The zero-order valence-corrected chi connectivity index (χ0v) is 18.4. The SMILES string of the molecule is CC1(c2ccccc2)NC(=O)N(CC(=O)Nc2cccc(OCc3cccc(C#N)c3)c2)C1=O. The van der Waals surface area contributed by atoms with Crippen LogP contribution in [0.15, 0.2) is 78.9 Å². The van der Waals surface area contributed by atoms with Gasteiger partial charge in [0.2, 0.25) is 5.91 Å². The summed E-state index contributed by atoms with van der Waals surface area (Å²) in [6, 6.07) is 24.2. The maximum absolute atomic E-state index is 13.0. The Labute approximate surface area is 196 Å². The lowest BCUT2D eigenvalue weighted by Gasteiger charge is -2.22. The number of anilines is 1. The molecule has 8 heteroatoms. The molecule has 4 amide bonds. The van der Waals surface area contributed by atoms with Gasteiger partial charge < -0.3 is 15.4 Å². The van der Waals surface area contributed by atoms with Crippen LogP contribution in [0.4, 0.5) is 10.5 Å². The first-order valence-corrected chi connectivity index (χ1v) is 10.6. The Balaban J connectivity index is 1.38. The van der Waals surface area contributed by atoms with Crippen LogP contribution in [-0.2, 0) is 21.7 Å². The van der Waals surface area contributed by atoms with Crippen molar-refractivity contribution in [3.8, 4) is 11.8 Å². The first-order valence-electron chi connectivity index (χ1n) is 10.6. The van der Waals surface area contributed by atoms with Crippen LogP contribution in [0, 0.1) is 11.3 Å². The van der Waals surface area contributed by atoms with Crippen LogP contribution in [0.2, 0.25) is 0 Å². The Morgan fingerprint density at radius 1 is 1.06 bits per heavy atom. The van der Waals surface area contributed by atoms with Gasteiger partial charge in [-0.25, -0.2) is 4.79 Å². The normalized spacial score (nSPS) is 17.1. The van der Waals surface area contributed by atoms with Gasteiger partial charge in [-0.05, 0) is 42.3 Å². The molecule has 1 heterocycles. The van der Waals surface area contributed by atoms with Gasteiger partial charge >= 0.3 is 6.03 Å². The molecule has 4 rings (SSSR count). The van der Waals surface area contributed by atoms with Gasteiger partial charge in [0, 0.05) is 11.8 Å². The van der Waals surface area contributed by atoms with Crippen molar-refractivity contribution in [2.45, 2.75) is 19.1 Å². The van der Waals surface area contributed by atoms with Crippen LogP contribution in [0.1, 0.15) is 23.6 Å². The number of urea groups is 1. The smallest absolute Gasteiger partial charge is 0.325 e. The van der Waals surface area contributed by atoms with E-state index in [4.69, 9.17) is 10.00 Å². The molecule has 34 heavy (non-hydrogen) atoms. The van der Waals surface area contributed by atoms with Gasteiger partial charge in [-0.3, -0.25) is 14.5 Å². The minimum Gasteiger partial charge on any atom is -0.489 e. The molecule has 8 nitrogen and oxygen atoms in total. The number of amides is 4. The lowest BCUT2D eigenvalue weighted by molar-refractivity contribution is -0.133. The first kappa shape index (κ1) is 22.6. The molecule has 0 spiro atoms. The van der Waals surface area contributed by atoms with Crippen molar-refractivity contribution in [2.75, 3.05) is 11.9 Å². The van der Waals surface area contributed by atoms with Crippen molar-refractivity contribution in [2.24, 2.45) is 0 Å². The Bertz CT molecular complexity index is 1290. The maximum Gasteiger partial charge on any atom is 0.325 e. The topological polar surface area (TPSA) is 112 Å². The molecule has 1 aliphatic rings. The van der Waals surface area contributed by atoms with Crippen LogP contribution in [-0.4, -0.2) is 29.3 Å². The molecule has 0 saturated carbocycles. The minimum absolute atomic E-state index is 0.257. The number of hydrogen-bond acceptors (Lipinski definition) is 5. The molecule has 0 aliphatic carbocycles. The molecule has 0 bridgehead atoms.